The standard InChI is InChI=1S/C14H19BrClN3O.ClH/c1-18(14(20)8-16)9-12-10-19(7-6-17-12)13-4-2-11(15)3-5-13;/h2-5,12,17H,6-10H2,1H3;1H. The van der Waals surface area contributed by atoms with Gasteiger partial charge in [0.05, 0.1) is 0 Å². The van der Waals surface area contributed by atoms with Crippen LogP contribution in [0.3, 0.4) is 0 Å². The molecule has 0 saturated carbocycles. The second kappa shape index (κ2) is 8.83. The van der Waals surface area contributed by atoms with Crippen LogP contribution in [0.15, 0.2) is 28.7 Å². The largest absolute Gasteiger partial charge is 0.369 e. The first-order valence-electron chi connectivity index (χ1n) is 6.64. The van der Waals surface area contributed by atoms with Crippen molar-refractivity contribution in [3.63, 3.8) is 0 Å². The van der Waals surface area contributed by atoms with Gasteiger partial charge in [0.25, 0.3) is 0 Å². The maximum Gasteiger partial charge on any atom is 0.237 e. The predicted octanol–water partition coefficient (Wildman–Crippen LogP) is 2.35. The molecule has 1 amide bonds. The minimum Gasteiger partial charge on any atom is -0.369 e. The Balaban J connectivity index is 0.00000220. The van der Waals surface area contributed by atoms with E-state index >= 15 is 0 Å². The molecule has 0 bridgehead atoms. The first kappa shape index (κ1) is 18.6. The van der Waals surface area contributed by atoms with Crippen molar-refractivity contribution in [3.05, 3.63) is 28.7 Å². The Kier molecular flexibility index (Phi) is 7.81. The summed E-state index contributed by atoms with van der Waals surface area (Å²) in [5.41, 5.74) is 1.21. The zero-order valence-corrected chi connectivity index (χ0v) is 15.0. The van der Waals surface area contributed by atoms with E-state index in [4.69, 9.17) is 11.6 Å². The number of piperazine rings is 1. The number of rotatable bonds is 4. The molecule has 7 heteroatoms. The van der Waals surface area contributed by atoms with Crippen molar-refractivity contribution in [1.82, 2.24) is 10.2 Å². The highest BCUT2D eigenvalue weighted by atomic mass is 79.9. The van der Waals surface area contributed by atoms with Crippen LogP contribution in [0.25, 0.3) is 0 Å². The van der Waals surface area contributed by atoms with E-state index in [2.05, 4.69) is 50.4 Å². The average Bonchev–Trinajstić information content (AvgIpc) is 2.47. The molecule has 1 aliphatic rings. The minimum atomic E-state index is -0.0331. The Morgan fingerprint density at radius 1 is 1.48 bits per heavy atom. The first-order valence-corrected chi connectivity index (χ1v) is 7.96. The molecule has 1 aliphatic heterocycles. The summed E-state index contributed by atoms with van der Waals surface area (Å²) in [6.07, 6.45) is 0. The highest BCUT2D eigenvalue weighted by Crippen LogP contribution is 2.19. The highest BCUT2D eigenvalue weighted by molar-refractivity contribution is 9.10. The maximum atomic E-state index is 11.5. The SMILES string of the molecule is CN(CC1CN(c2ccc(Br)cc2)CCN1)C(=O)CCl.Cl. The van der Waals surface area contributed by atoms with Crippen molar-refractivity contribution in [3.8, 4) is 0 Å². The molecule has 0 aliphatic carbocycles. The van der Waals surface area contributed by atoms with E-state index in [1.54, 1.807) is 11.9 Å². The Labute approximate surface area is 145 Å². The number of nitrogens with zero attached hydrogens (tertiary/aromatic N) is 2. The van der Waals surface area contributed by atoms with Crippen LogP contribution < -0.4 is 10.2 Å². The molecule has 1 fully saturated rings. The molecule has 4 nitrogen and oxygen atoms in total. The molecule has 0 radical (unpaired) electrons. The fourth-order valence-corrected chi connectivity index (χ4v) is 2.84. The Hall–Kier alpha value is -0.490. The third-order valence-corrected chi connectivity index (χ3v) is 4.24. The fraction of sp³-hybridized carbons (Fsp3) is 0.500. The van der Waals surface area contributed by atoms with Crippen molar-refractivity contribution < 1.29 is 4.79 Å². The molecular formula is C14H20BrCl2N3O. The number of alkyl halides is 1. The van der Waals surface area contributed by atoms with Gasteiger partial charge in [-0.25, -0.2) is 0 Å². The smallest absolute Gasteiger partial charge is 0.237 e. The summed E-state index contributed by atoms with van der Waals surface area (Å²) in [7, 11) is 1.80. The number of hydrogen-bond acceptors (Lipinski definition) is 3. The van der Waals surface area contributed by atoms with E-state index in [0.29, 0.717) is 6.54 Å². The van der Waals surface area contributed by atoms with Crippen LogP contribution >= 0.6 is 39.9 Å². The van der Waals surface area contributed by atoms with E-state index in [0.717, 1.165) is 24.1 Å². The molecule has 118 valence electrons. The van der Waals surface area contributed by atoms with Gasteiger partial charge in [-0.15, -0.1) is 24.0 Å². The van der Waals surface area contributed by atoms with Gasteiger partial charge in [-0.3, -0.25) is 4.79 Å². The fourth-order valence-electron chi connectivity index (χ4n) is 2.37. The number of halogens is 3. The number of nitrogens with one attached hydrogen (secondary N) is 1. The van der Waals surface area contributed by atoms with Gasteiger partial charge >= 0.3 is 0 Å². The normalized spacial score (nSPS) is 18.0. The van der Waals surface area contributed by atoms with Gasteiger partial charge in [0.15, 0.2) is 0 Å². The van der Waals surface area contributed by atoms with E-state index in [-0.39, 0.29) is 30.2 Å². The highest BCUT2D eigenvalue weighted by Gasteiger charge is 2.22. The van der Waals surface area contributed by atoms with Crippen molar-refractivity contribution in [1.29, 1.82) is 0 Å². The van der Waals surface area contributed by atoms with Crippen LogP contribution in [0, 0.1) is 0 Å². The Morgan fingerprint density at radius 2 is 2.14 bits per heavy atom. The number of benzene rings is 1. The summed E-state index contributed by atoms with van der Waals surface area (Å²) in [5, 5.41) is 3.45. The molecule has 2 rings (SSSR count). The molecule has 0 spiro atoms. The lowest BCUT2D eigenvalue weighted by molar-refractivity contribution is -0.127. The molecule has 1 aromatic rings. The van der Waals surface area contributed by atoms with Gasteiger partial charge < -0.3 is 15.1 Å². The van der Waals surface area contributed by atoms with Gasteiger partial charge in [-0.2, -0.15) is 0 Å². The minimum absolute atomic E-state index is 0. The topological polar surface area (TPSA) is 35.6 Å². The summed E-state index contributed by atoms with van der Waals surface area (Å²) in [6, 6.07) is 8.59. The van der Waals surface area contributed by atoms with E-state index in [9.17, 15) is 4.79 Å². The van der Waals surface area contributed by atoms with E-state index < -0.39 is 0 Å². The lowest BCUT2D eigenvalue weighted by Crippen LogP contribution is -2.55. The van der Waals surface area contributed by atoms with Crippen LogP contribution in [-0.4, -0.2) is 56.0 Å². The molecular weight excluding hydrogens is 377 g/mol. The third kappa shape index (κ3) is 5.33. The summed E-state index contributed by atoms with van der Waals surface area (Å²) in [5.74, 6) is 0.00820. The van der Waals surface area contributed by atoms with E-state index in [1.165, 1.54) is 5.69 Å². The quantitative estimate of drug-likeness (QED) is 0.793. The number of carbonyl (C=O) groups is 1. The molecule has 1 saturated heterocycles. The molecule has 1 heterocycles. The average molecular weight is 397 g/mol. The second-order valence-electron chi connectivity index (χ2n) is 4.98. The number of carbonyl (C=O) groups excluding carboxylic acids is 1. The van der Waals surface area contributed by atoms with Crippen LogP contribution in [0.1, 0.15) is 0 Å². The third-order valence-electron chi connectivity index (χ3n) is 3.48. The Bertz CT molecular complexity index is 458. The van der Waals surface area contributed by atoms with Gasteiger partial charge in [0.2, 0.25) is 5.91 Å². The molecule has 1 unspecified atom stereocenters. The molecule has 1 aromatic carbocycles. The Morgan fingerprint density at radius 3 is 2.76 bits per heavy atom. The second-order valence-corrected chi connectivity index (χ2v) is 6.16. The molecule has 1 N–H and O–H groups in total. The molecule has 0 aromatic heterocycles. The van der Waals surface area contributed by atoms with Gasteiger partial charge in [-0.05, 0) is 24.3 Å². The molecule has 21 heavy (non-hydrogen) atoms. The lowest BCUT2D eigenvalue weighted by atomic mass is 10.1. The monoisotopic (exact) mass is 395 g/mol. The van der Waals surface area contributed by atoms with Crippen LogP contribution in [-0.2, 0) is 4.79 Å². The van der Waals surface area contributed by atoms with E-state index in [1.807, 2.05) is 0 Å². The zero-order chi connectivity index (χ0) is 14.5. The van der Waals surface area contributed by atoms with Crippen molar-refractivity contribution in [2.75, 3.05) is 44.0 Å². The maximum absolute atomic E-state index is 11.5. The van der Waals surface area contributed by atoms with Crippen LogP contribution in [0.2, 0.25) is 0 Å². The molecule has 1 atom stereocenters. The number of anilines is 1. The first-order chi connectivity index (χ1) is 9.60. The van der Waals surface area contributed by atoms with Gasteiger partial charge in [-0.1, -0.05) is 15.9 Å². The van der Waals surface area contributed by atoms with Gasteiger partial charge in [0, 0.05) is 49.4 Å². The lowest BCUT2D eigenvalue weighted by Gasteiger charge is -2.37. The van der Waals surface area contributed by atoms with Crippen molar-refractivity contribution >= 4 is 51.5 Å². The van der Waals surface area contributed by atoms with Crippen molar-refractivity contribution in [2.45, 2.75) is 6.04 Å². The van der Waals surface area contributed by atoms with Gasteiger partial charge in [0.1, 0.15) is 5.88 Å². The summed E-state index contributed by atoms with van der Waals surface area (Å²) >= 11 is 9.03. The van der Waals surface area contributed by atoms with Crippen molar-refractivity contribution in [2.24, 2.45) is 0 Å². The number of hydrogen-bond donors (Lipinski definition) is 1. The number of amides is 1. The van der Waals surface area contributed by atoms with Crippen LogP contribution in [0.5, 0.6) is 0 Å². The predicted molar refractivity (Wildman–Crippen MR) is 93.8 cm³/mol. The number of likely N-dealkylation sites (N-methyl/N-ethyl adjacent to an activating group) is 1. The van der Waals surface area contributed by atoms with Crippen LogP contribution in [0.4, 0.5) is 5.69 Å². The summed E-state index contributed by atoms with van der Waals surface area (Å²) < 4.78 is 1.08. The zero-order valence-electron chi connectivity index (χ0n) is 11.9. The summed E-state index contributed by atoms with van der Waals surface area (Å²) in [4.78, 5) is 15.6. The summed E-state index contributed by atoms with van der Waals surface area (Å²) in [6.45, 7) is 3.47.